The van der Waals surface area contributed by atoms with Crippen molar-refractivity contribution < 1.29 is 19.1 Å². The Bertz CT molecular complexity index is 696. The Balaban J connectivity index is 2.59. The van der Waals surface area contributed by atoms with Crippen LogP contribution in [-0.4, -0.2) is 24.1 Å². The molecule has 1 rings (SSSR count). The third-order valence-corrected chi connectivity index (χ3v) is 7.89. The molecule has 230 valence electrons. The monoisotopic (exact) mass is 558 g/mol. The molecule has 0 aliphatic carbocycles. The summed E-state index contributed by atoms with van der Waals surface area (Å²) in [6.45, 7) is 8.75. The zero-order valence-electron chi connectivity index (χ0n) is 26.7. The van der Waals surface area contributed by atoms with Crippen molar-refractivity contribution in [2.45, 2.75) is 181 Å². The van der Waals surface area contributed by atoms with Gasteiger partial charge in [0.1, 0.15) is 12.2 Å². The molecular weight excluding hydrogens is 496 g/mol. The van der Waals surface area contributed by atoms with Crippen LogP contribution in [0, 0.1) is 0 Å². The summed E-state index contributed by atoms with van der Waals surface area (Å²) in [7, 11) is 0. The fraction of sp³-hybridized carbons (Fsp3) is 0.778. The topological polar surface area (TPSA) is 52.6 Å². The zero-order valence-corrected chi connectivity index (χ0v) is 26.7. The number of unbranched alkanes of at least 4 members (excludes halogenated alkanes) is 14. The van der Waals surface area contributed by atoms with Crippen molar-refractivity contribution in [2.75, 3.05) is 0 Å². The Morgan fingerprint density at radius 2 is 0.800 bits per heavy atom. The lowest BCUT2D eigenvalue weighted by molar-refractivity contribution is 0.0205. The summed E-state index contributed by atoms with van der Waals surface area (Å²) in [5, 5.41) is 0. The first-order valence-electron chi connectivity index (χ1n) is 17.1. The summed E-state index contributed by atoms with van der Waals surface area (Å²) in [6, 6.07) is 6.99. The van der Waals surface area contributed by atoms with Crippen LogP contribution < -0.4 is 0 Å². The number of ether oxygens (including phenoxy) is 2. The quantitative estimate of drug-likeness (QED) is 0.0838. The molecule has 1 aromatic carbocycles. The van der Waals surface area contributed by atoms with Crippen molar-refractivity contribution in [1.29, 1.82) is 0 Å². The van der Waals surface area contributed by atoms with E-state index in [1.54, 1.807) is 24.3 Å². The van der Waals surface area contributed by atoms with Gasteiger partial charge in [-0.05, 0) is 50.7 Å². The van der Waals surface area contributed by atoms with Crippen molar-refractivity contribution >= 4 is 11.9 Å². The van der Waals surface area contributed by atoms with Crippen LogP contribution in [0.5, 0.6) is 0 Å². The van der Waals surface area contributed by atoms with Gasteiger partial charge in [0.25, 0.3) is 0 Å². The third-order valence-electron chi connectivity index (χ3n) is 7.89. The number of esters is 2. The van der Waals surface area contributed by atoms with Gasteiger partial charge in [-0.2, -0.15) is 0 Å². The summed E-state index contributed by atoms with van der Waals surface area (Å²) in [6.07, 6.45) is 25.4. The second-order valence-electron chi connectivity index (χ2n) is 11.7. The van der Waals surface area contributed by atoms with Crippen LogP contribution in [0.4, 0.5) is 0 Å². The number of hydrogen-bond acceptors (Lipinski definition) is 4. The van der Waals surface area contributed by atoms with Crippen LogP contribution in [0.1, 0.15) is 190 Å². The van der Waals surface area contributed by atoms with Gasteiger partial charge in [-0.25, -0.2) is 9.59 Å². The Labute approximate surface area is 247 Å². The summed E-state index contributed by atoms with van der Waals surface area (Å²) in [5.41, 5.74) is 0.652. The lowest BCUT2D eigenvalue weighted by Gasteiger charge is -2.20. The van der Waals surface area contributed by atoms with E-state index in [2.05, 4.69) is 27.7 Å². The lowest BCUT2D eigenvalue weighted by Crippen LogP contribution is -2.23. The molecule has 1 aromatic rings. The predicted molar refractivity (Wildman–Crippen MR) is 169 cm³/mol. The van der Waals surface area contributed by atoms with Gasteiger partial charge < -0.3 is 9.47 Å². The van der Waals surface area contributed by atoms with Crippen molar-refractivity contribution in [3.05, 3.63) is 35.4 Å². The average Bonchev–Trinajstić information content (AvgIpc) is 2.95. The molecule has 4 heteroatoms. The Hall–Kier alpha value is -1.84. The van der Waals surface area contributed by atoms with Gasteiger partial charge in [-0.15, -0.1) is 0 Å². The first kappa shape index (κ1) is 36.2. The van der Waals surface area contributed by atoms with Gasteiger partial charge in [-0.3, -0.25) is 0 Å². The van der Waals surface area contributed by atoms with E-state index in [1.165, 1.54) is 89.9 Å². The van der Waals surface area contributed by atoms with Crippen LogP contribution in [0.2, 0.25) is 0 Å². The first-order valence-corrected chi connectivity index (χ1v) is 17.1. The maximum absolute atomic E-state index is 13.2. The van der Waals surface area contributed by atoms with E-state index in [9.17, 15) is 9.59 Å². The molecule has 0 aliphatic heterocycles. The molecule has 0 spiro atoms. The summed E-state index contributed by atoms with van der Waals surface area (Å²) < 4.78 is 11.9. The fourth-order valence-corrected chi connectivity index (χ4v) is 5.45. The summed E-state index contributed by atoms with van der Waals surface area (Å²) in [5.74, 6) is -0.804. The molecule has 0 aromatic heterocycles. The Kier molecular flexibility index (Phi) is 22.5. The molecule has 0 saturated heterocycles. The van der Waals surface area contributed by atoms with Gasteiger partial charge in [-0.1, -0.05) is 143 Å². The number of benzene rings is 1. The highest BCUT2D eigenvalue weighted by Gasteiger charge is 2.24. The number of carbonyl (C=O) groups is 2. The van der Waals surface area contributed by atoms with Gasteiger partial charge >= 0.3 is 11.9 Å². The minimum Gasteiger partial charge on any atom is -0.459 e. The van der Waals surface area contributed by atoms with Crippen molar-refractivity contribution in [2.24, 2.45) is 0 Å². The minimum absolute atomic E-state index is 0.100. The molecular formula is C36H62O4. The summed E-state index contributed by atoms with van der Waals surface area (Å²) in [4.78, 5) is 26.4. The molecule has 0 N–H and O–H groups in total. The molecule has 40 heavy (non-hydrogen) atoms. The number of hydrogen-bond donors (Lipinski definition) is 0. The van der Waals surface area contributed by atoms with E-state index in [0.717, 1.165) is 51.4 Å². The van der Waals surface area contributed by atoms with Gasteiger partial charge in [0.05, 0.1) is 11.1 Å². The highest BCUT2D eigenvalue weighted by molar-refractivity contribution is 6.03. The normalized spacial score (nSPS) is 12.7. The van der Waals surface area contributed by atoms with Crippen LogP contribution in [-0.2, 0) is 9.47 Å². The smallest absolute Gasteiger partial charge is 0.339 e. The second-order valence-corrected chi connectivity index (χ2v) is 11.7. The molecule has 0 radical (unpaired) electrons. The van der Waals surface area contributed by atoms with Crippen LogP contribution in [0.15, 0.2) is 24.3 Å². The molecule has 0 amide bonds. The van der Waals surface area contributed by atoms with Crippen molar-refractivity contribution in [3.63, 3.8) is 0 Å². The molecule has 2 unspecified atom stereocenters. The van der Waals surface area contributed by atoms with Crippen molar-refractivity contribution in [1.82, 2.24) is 0 Å². The molecule has 0 saturated carbocycles. The van der Waals surface area contributed by atoms with E-state index < -0.39 is 11.9 Å². The lowest BCUT2D eigenvalue weighted by atomic mass is 10.0. The van der Waals surface area contributed by atoms with E-state index in [-0.39, 0.29) is 12.2 Å². The highest BCUT2D eigenvalue weighted by Crippen LogP contribution is 2.21. The van der Waals surface area contributed by atoms with E-state index >= 15 is 0 Å². The average molecular weight is 559 g/mol. The number of carbonyl (C=O) groups excluding carboxylic acids is 2. The van der Waals surface area contributed by atoms with Crippen molar-refractivity contribution in [3.8, 4) is 0 Å². The SMILES string of the molecule is CCCCCCCCCCC(CCC)OC(=O)c1ccccc1C(=O)OC(CCC)CCCCCCCCCC. The van der Waals surface area contributed by atoms with Gasteiger partial charge in [0, 0.05) is 0 Å². The maximum atomic E-state index is 13.2. The van der Waals surface area contributed by atoms with E-state index in [1.807, 2.05) is 0 Å². The molecule has 0 aliphatic rings. The Morgan fingerprint density at radius 3 is 1.12 bits per heavy atom. The van der Waals surface area contributed by atoms with Gasteiger partial charge in [0.15, 0.2) is 0 Å². The number of rotatable bonds is 26. The largest absolute Gasteiger partial charge is 0.459 e. The Morgan fingerprint density at radius 1 is 0.475 bits per heavy atom. The molecule has 4 nitrogen and oxygen atoms in total. The maximum Gasteiger partial charge on any atom is 0.339 e. The van der Waals surface area contributed by atoms with E-state index in [4.69, 9.17) is 9.47 Å². The molecule has 0 heterocycles. The van der Waals surface area contributed by atoms with Gasteiger partial charge in [0.2, 0.25) is 0 Å². The first-order chi connectivity index (χ1) is 19.6. The fourth-order valence-electron chi connectivity index (χ4n) is 5.45. The standard InChI is InChI=1S/C36H62O4/c1-5-9-11-13-15-17-19-21-27-31(25-7-3)39-35(37)33-29-23-24-30-34(33)36(38)40-32(26-8-4)28-22-20-18-16-14-12-10-6-2/h23-24,29-32H,5-22,25-28H2,1-4H3. The molecule has 0 bridgehead atoms. The van der Waals surface area contributed by atoms with E-state index in [0.29, 0.717) is 11.1 Å². The van der Waals surface area contributed by atoms with Crippen LogP contribution in [0.3, 0.4) is 0 Å². The minimum atomic E-state index is -0.402. The predicted octanol–water partition coefficient (Wildman–Crippen LogP) is 11.4. The highest BCUT2D eigenvalue weighted by atomic mass is 16.5. The van der Waals surface area contributed by atoms with Crippen LogP contribution >= 0.6 is 0 Å². The second kappa shape index (κ2) is 24.9. The van der Waals surface area contributed by atoms with Crippen LogP contribution in [0.25, 0.3) is 0 Å². The third kappa shape index (κ3) is 17.1. The zero-order chi connectivity index (χ0) is 29.3. The summed E-state index contributed by atoms with van der Waals surface area (Å²) >= 11 is 0. The molecule has 2 atom stereocenters. The molecule has 0 fully saturated rings.